The number of hydrogen-bond acceptors (Lipinski definition) is 5. The minimum atomic E-state index is -0.305. The van der Waals surface area contributed by atoms with Crippen LogP contribution in [-0.4, -0.2) is 63.4 Å². The zero-order chi connectivity index (χ0) is 24.2. The van der Waals surface area contributed by atoms with Crippen molar-refractivity contribution in [1.82, 2.24) is 24.2 Å². The van der Waals surface area contributed by atoms with E-state index in [1.54, 1.807) is 35.0 Å². The molecule has 9 heteroatoms. The molecule has 0 atom stereocenters. The standard InChI is InChI=1S/C25H28N6O3/c1-29(11-10-17-14-26-30(2)15-17)25(33)19-12-20(27-22(32)16-34-4)23-21(13-19)28-24(31(23)3)18-8-6-5-7-9-18/h5-9,12-15H,10-11,16H2,1-4H3,(H,27,32). The molecular formula is C25H28N6O3. The number of rotatable bonds is 8. The molecule has 1 N–H and O–H groups in total. The molecule has 0 fully saturated rings. The van der Waals surface area contributed by atoms with Crippen molar-refractivity contribution in [3.8, 4) is 11.4 Å². The van der Waals surface area contributed by atoms with E-state index >= 15 is 0 Å². The second-order valence-corrected chi connectivity index (χ2v) is 8.23. The highest BCUT2D eigenvalue weighted by molar-refractivity contribution is 6.06. The first kappa shape index (κ1) is 23.2. The number of methoxy groups -OCH3 is 1. The van der Waals surface area contributed by atoms with Gasteiger partial charge in [0, 0.05) is 52.1 Å². The molecule has 2 amide bonds. The monoisotopic (exact) mass is 460 g/mol. The van der Waals surface area contributed by atoms with E-state index in [9.17, 15) is 9.59 Å². The number of ether oxygens (including phenoxy) is 1. The van der Waals surface area contributed by atoms with Gasteiger partial charge in [0.25, 0.3) is 5.91 Å². The first-order chi connectivity index (χ1) is 16.4. The molecule has 34 heavy (non-hydrogen) atoms. The SMILES string of the molecule is COCC(=O)Nc1cc(C(=O)N(C)CCc2cnn(C)c2)cc2nc(-c3ccccc3)n(C)c12. The molecule has 9 nitrogen and oxygen atoms in total. The third-order valence-electron chi connectivity index (χ3n) is 5.64. The number of likely N-dealkylation sites (N-methyl/N-ethyl adjacent to an activating group) is 1. The third-order valence-corrected chi connectivity index (χ3v) is 5.64. The largest absolute Gasteiger partial charge is 0.375 e. The Kier molecular flexibility index (Phi) is 6.74. The predicted molar refractivity (Wildman–Crippen MR) is 131 cm³/mol. The number of nitrogens with zero attached hydrogens (tertiary/aromatic N) is 5. The van der Waals surface area contributed by atoms with E-state index in [1.165, 1.54) is 7.11 Å². The molecule has 0 radical (unpaired) electrons. The lowest BCUT2D eigenvalue weighted by Crippen LogP contribution is -2.29. The predicted octanol–water partition coefficient (Wildman–Crippen LogP) is 2.87. The molecule has 0 spiro atoms. The first-order valence-electron chi connectivity index (χ1n) is 10.9. The van der Waals surface area contributed by atoms with E-state index < -0.39 is 0 Å². The number of hydrogen-bond donors (Lipinski definition) is 1. The molecule has 0 saturated carbocycles. The van der Waals surface area contributed by atoms with Gasteiger partial charge in [0.15, 0.2) is 0 Å². The maximum Gasteiger partial charge on any atom is 0.253 e. The van der Waals surface area contributed by atoms with E-state index in [0.29, 0.717) is 29.7 Å². The Balaban J connectivity index is 1.70. The highest BCUT2D eigenvalue weighted by Crippen LogP contribution is 2.30. The number of fused-ring (bicyclic) bond motifs is 1. The van der Waals surface area contributed by atoms with Crippen LogP contribution in [0.25, 0.3) is 22.4 Å². The second-order valence-electron chi connectivity index (χ2n) is 8.23. The Morgan fingerprint density at radius 3 is 2.59 bits per heavy atom. The maximum absolute atomic E-state index is 13.3. The smallest absolute Gasteiger partial charge is 0.253 e. The number of aryl methyl sites for hydroxylation is 2. The maximum atomic E-state index is 13.3. The van der Waals surface area contributed by atoms with Gasteiger partial charge in [-0.3, -0.25) is 14.3 Å². The quantitative estimate of drug-likeness (QED) is 0.436. The second kappa shape index (κ2) is 9.88. The summed E-state index contributed by atoms with van der Waals surface area (Å²) in [5, 5.41) is 7.05. The highest BCUT2D eigenvalue weighted by Gasteiger charge is 2.20. The average molecular weight is 461 g/mol. The number of anilines is 1. The Bertz CT molecular complexity index is 1330. The lowest BCUT2D eigenvalue weighted by molar-refractivity contribution is -0.119. The summed E-state index contributed by atoms with van der Waals surface area (Å²) >= 11 is 0. The van der Waals surface area contributed by atoms with Crippen LogP contribution in [0.2, 0.25) is 0 Å². The van der Waals surface area contributed by atoms with Crippen molar-refractivity contribution in [2.24, 2.45) is 14.1 Å². The normalized spacial score (nSPS) is 11.1. The zero-order valence-corrected chi connectivity index (χ0v) is 19.8. The lowest BCUT2D eigenvalue weighted by Gasteiger charge is -2.18. The lowest BCUT2D eigenvalue weighted by atomic mass is 10.1. The van der Waals surface area contributed by atoms with Gasteiger partial charge in [0.1, 0.15) is 12.4 Å². The van der Waals surface area contributed by atoms with Gasteiger partial charge in [-0.15, -0.1) is 0 Å². The number of carbonyl (C=O) groups is 2. The molecule has 0 aliphatic rings. The minimum Gasteiger partial charge on any atom is -0.375 e. The number of carbonyl (C=O) groups excluding carboxylic acids is 2. The molecule has 2 aromatic heterocycles. The van der Waals surface area contributed by atoms with E-state index in [2.05, 4.69) is 10.4 Å². The highest BCUT2D eigenvalue weighted by atomic mass is 16.5. The fraction of sp³-hybridized carbons (Fsp3) is 0.280. The summed E-state index contributed by atoms with van der Waals surface area (Å²) in [6, 6.07) is 13.3. The van der Waals surface area contributed by atoms with Crippen molar-refractivity contribution in [2.45, 2.75) is 6.42 Å². The Labute approximate surface area is 198 Å². The molecule has 0 saturated heterocycles. The van der Waals surface area contributed by atoms with Gasteiger partial charge in [-0.25, -0.2) is 4.98 Å². The van der Waals surface area contributed by atoms with Crippen molar-refractivity contribution in [1.29, 1.82) is 0 Å². The van der Waals surface area contributed by atoms with E-state index in [1.807, 2.05) is 55.2 Å². The van der Waals surface area contributed by atoms with Crippen LogP contribution >= 0.6 is 0 Å². The molecule has 0 aliphatic heterocycles. The summed E-state index contributed by atoms with van der Waals surface area (Å²) in [6.07, 6.45) is 4.43. The number of imidazole rings is 1. The van der Waals surface area contributed by atoms with Crippen LogP contribution in [0.3, 0.4) is 0 Å². The van der Waals surface area contributed by atoms with Crippen LogP contribution in [-0.2, 0) is 30.0 Å². The first-order valence-corrected chi connectivity index (χ1v) is 10.9. The van der Waals surface area contributed by atoms with Crippen molar-refractivity contribution in [3.05, 3.63) is 66.0 Å². The molecule has 4 aromatic rings. The van der Waals surface area contributed by atoms with Crippen LogP contribution in [0.15, 0.2) is 54.9 Å². The molecule has 2 aromatic carbocycles. The molecule has 0 bridgehead atoms. The van der Waals surface area contributed by atoms with Crippen LogP contribution < -0.4 is 5.32 Å². The average Bonchev–Trinajstić information content (AvgIpc) is 3.40. The van der Waals surface area contributed by atoms with Crippen molar-refractivity contribution in [2.75, 3.05) is 32.6 Å². The topological polar surface area (TPSA) is 94.3 Å². The van der Waals surface area contributed by atoms with Crippen LogP contribution in [0, 0.1) is 0 Å². The summed E-state index contributed by atoms with van der Waals surface area (Å²) in [7, 11) is 6.98. The summed E-state index contributed by atoms with van der Waals surface area (Å²) < 4.78 is 8.63. The molecule has 176 valence electrons. The van der Waals surface area contributed by atoms with Crippen LogP contribution in [0.5, 0.6) is 0 Å². The Morgan fingerprint density at radius 2 is 1.91 bits per heavy atom. The number of amides is 2. The van der Waals surface area contributed by atoms with Crippen molar-refractivity contribution in [3.63, 3.8) is 0 Å². The van der Waals surface area contributed by atoms with Gasteiger partial charge in [0.05, 0.1) is 22.9 Å². The molecular weight excluding hydrogens is 432 g/mol. The fourth-order valence-corrected chi connectivity index (χ4v) is 3.95. The molecule has 4 rings (SSSR count). The number of benzene rings is 2. The summed E-state index contributed by atoms with van der Waals surface area (Å²) in [4.78, 5) is 32.1. The van der Waals surface area contributed by atoms with Gasteiger partial charge >= 0.3 is 0 Å². The molecule has 0 aliphatic carbocycles. The van der Waals surface area contributed by atoms with Crippen LogP contribution in [0.4, 0.5) is 5.69 Å². The minimum absolute atomic E-state index is 0.0892. The van der Waals surface area contributed by atoms with Gasteiger partial charge in [-0.05, 0) is 24.1 Å². The molecule has 0 unspecified atom stereocenters. The summed E-state index contributed by atoms with van der Waals surface area (Å²) in [5.41, 5.74) is 4.32. The van der Waals surface area contributed by atoms with Crippen molar-refractivity contribution < 1.29 is 14.3 Å². The molecule has 2 heterocycles. The zero-order valence-electron chi connectivity index (χ0n) is 19.8. The van der Waals surface area contributed by atoms with Gasteiger partial charge in [-0.1, -0.05) is 30.3 Å². The number of nitrogens with one attached hydrogen (secondary N) is 1. The Morgan fingerprint density at radius 1 is 1.15 bits per heavy atom. The van der Waals surface area contributed by atoms with Gasteiger partial charge in [0.2, 0.25) is 5.91 Å². The number of aromatic nitrogens is 4. The van der Waals surface area contributed by atoms with E-state index in [0.717, 1.165) is 22.5 Å². The van der Waals surface area contributed by atoms with Crippen LogP contribution in [0.1, 0.15) is 15.9 Å². The third kappa shape index (κ3) is 4.84. The summed E-state index contributed by atoms with van der Waals surface area (Å²) in [5.74, 6) is 0.285. The summed E-state index contributed by atoms with van der Waals surface area (Å²) in [6.45, 7) is 0.444. The fourth-order valence-electron chi connectivity index (χ4n) is 3.95. The Hall–Kier alpha value is -3.98. The van der Waals surface area contributed by atoms with Gasteiger partial charge in [-0.2, -0.15) is 5.10 Å². The van der Waals surface area contributed by atoms with E-state index in [4.69, 9.17) is 9.72 Å². The van der Waals surface area contributed by atoms with Crippen molar-refractivity contribution >= 4 is 28.5 Å². The van der Waals surface area contributed by atoms with E-state index in [-0.39, 0.29) is 18.4 Å². The van der Waals surface area contributed by atoms with Gasteiger partial charge < -0.3 is 19.5 Å².